The van der Waals surface area contributed by atoms with E-state index in [-0.39, 0.29) is 0 Å². The second-order valence-corrected chi connectivity index (χ2v) is 9.74. The van der Waals surface area contributed by atoms with Crippen LogP contribution >= 0.6 is 0 Å². The molecule has 1 fully saturated rings. The highest BCUT2D eigenvalue weighted by atomic mass is 32.2. The molecule has 0 amide bonds. The maximum absolute atomic E-state index is 13.6. The van der Waals surface area contributed by atoms with Gasteiger partial charge in [0.1, 0.15) is 5.75 Å². The third-order valence-corrected chi connectivity index (χ3v) is 7.76. The second-order valence-electron chi connectivity index (χ2n) is 7.82. The summed E-state index contributed by atoms with van der Waals surface area (Å²) in [4.78, 5) is 7.57. The number of sulfone groups is 1. The van der Waals surface area contributed by atoms with Gasteiger partial charge < -0.3 is 14.5 Å². The number of rotatable bonds is 5. The monoisotopic (exact) mass is 427 g/mol. The Hall–Kier alpha value is -2.64. The van der Waals surface area contributed by atoms with E-state index in [2.05, 4.69) is 16.8 Å². The van der Waals surface area contributed by atoms with E-state index in [0.29, 0.717) is 15.5 Å². The van der Waals surface area contributed by atoms with Crippen molar-refractivity contribution in [3.63, 3.8) is 0 Å². The lowest BCUT2D eigenvalue weighted by atomic mass is 10.1. The number of anilines is 1. The van der Waals surface area contributed by atoms with Gasteiger partial charge >= 0.3 is 0 Å². The van der Waals surface area contributed by atoms with Crippen LogP contribution in [0.4, 0.5) is 5.69 Å². The Morgan fingerprint density at radius 3 is 2.43 bits per heavy atom. The molecule has 4 rings (SSSR count). The Kier molecular flexibility index (Phi) is 5.66. The molecule has 158 valence electrons. The van der Waals surface area contributed by atoms with Crippen molar-refractivity contribution in [2.75, 3.05) is 44.7 Å². The average Bonchev–Trinajstić information content (AvgIpc) is 2.78. The lowest BCUT2D eigenvalue weighted by Gasteiger charge is -2.34. The summed E-state index contributed by atoms with van der Waals surface area (Å²) in [5.41, 5.74) is 2.68. The Morgan fingerprint density at radius 2 is 1.80 bits per heavy atom. The zero-order valence-electron chi connectivity index (χ0n) is 17.7. The summed E-state index contributed by atoms with van der Waals surface area (Å²) in [6.07, 6.45) is 1.64. The molecule has 1 aliphatic rings. The van der Waals surface area contributed by atoms with Crippen LogP contribution in [-0.2, 0) is 9.84 Å². The topological polar surface area (TPSA) is 65.2 Å². The van der Waals surface area contributed by atoms with Gasteiger partial charge in [0.25, 0.3) is 0 Å². The normalized spacial score (nSPS) is 15.5. The number of hydrogen-bond donors (Lipinski definition) is 1. The van der Waals surface area contributed by atoms with Gasteiger partial charge in [0.15, 0.2) is 11.1 Å². The molecule has 0 radical (unpaired) electrons. The van der Waals surface area contributed by atoms with Crippen molar-refractivity contribution in [2.45, 2.75) is 23.6 Å². The molecule has 1 aliphatic heterocycles. The quantitative estimate of drug-likeness (QED) is 0.671. The predicted molar refractivity (Wildman–Crippen MR) is 117 cm³/mol. The molecule has 1 aromatic heterocycles. The Morgan fingerprint density at radius 1 is 1.10 bits per heavy atom. The predicted octanol–water partition coefficient (Wildman–Crippen LogP) is 1.53. The molecule has 0 atom stereocenters. The molecule has 0 saturated carbocycles. The van der Waals surface area contributed by atoms with E-state index < -0.39 is 9.84 Å². The molecule has 0 aliphatic carbocycles. The van der Waals surface area contributed by atoms with Crippen LogP contribution < -0.4 is 19.5 Å². The van der Waals surface area contributed by atoms with E-state index in [1.54, 1.807) is 30.3 Å². The minimum Gasteiger partial charge on any atom is -0.497 e. The van der Waals surface area contributed by atoms with E-state index in [1.807, 2.05) is 37.3 Å². The molecule has 2 aromatic carbocycles. The number of aryl methyl sites for hydroxylation is 1. The summed E-state index contributed by atoms with van der Waals surface area (Å²) >= 11 is 0. The molecule has 0 bridgehead atoms. The van der Waals surface area contributed by atoms with Crippen LogP contribution in [0, 0.1) is 6.92 Å². The zero-order valence-corrected chi connectivity index (χ0v) is 18.6. The summed E-state index contributed by atoms with van der Waals surface area (Å²) in [6.45, 7) is 8.84. The molecule has 3 aromatic rings. The highest BCUT2D eigenvalue weighted by molar-refractivity contribution is 7.91. The molecule has 7 heteroatoms. The van der Waals surface area contributed by atoms with Crippen molar-refractivity contribution in [2.24, 2.45) is 0 Å². The average molecular weight is 428 g/mol. The van der Waals surface area contributed by atoms with Crippen LogP contribution in [0.1, 0.15) is 12.5 Å². The maximum Gasteiger partial charge on any atom is 0.214 e. The van der Waals surface area contributed by atoms with Crippen molar-refractivity contribution < 1.29 is 23.0 Å². The lowest BCUT2D eigenvalue weighted by Crippen LogP contribution is -3.14. The molecule has 1 saturated heterocycles. The molecule has 30 heavy (non-hydrogen) atoms. The number of nitrogens with one attached hydrogen (secondary N) is 2. The Labute approximate surface area is 178 Å². The van der Waals surface area contributed by atoms with Gasteiger partial charge in [0.2, 0.25) is 15.4 Å². The number of methoxy groups -OCH3 is 1. The smallest absolute Gasteiger partial charge is 0.214 e. The number of piperazine rings is 1. The minimum absolute atomic E-state index is 0.308. The van der Waals surface area contributed by atoms with Gasteiger partial charge in [-0.15, -0.1) is 0 Å². The number of quaternary nitrogens is 1. The van der Waals surface area contributed by atoms with Crippen molar-refractivity contribution in [3.8, 4) is 5.75 Å². The van der Waals surface area contributed by atoms with E-state index >= 15 is 0 Å². The number of fused-ring (bicyclic) bond motifs is 1. The molecule has 2 heterocycles. The van der Waals surface area contributed by atoms with E-state index in [1.165, 1.54) is 0 Å². The lowest BCUT2D eigenvalue weighted by molar-refractivity contribution is -0.898. The van der Waals surface area contributed by atoms with Gasteiger partial charge in [0.05, 0.1) is 55.8 Å². The van der Waals surface area contributed by atoms with Gasteiger partial charge in [-0.2, -0.15) is 0 Å². The number of ether oxygens (including phenoxy) is 1. The number of H-pyrrole nitrogens is 1. The Balaban J connectivity index is 1.91. The molecular formula is C23H29N3O3S+2. The fraction of sp³-hybridized carbons (Fsp3) is 0.348. The van der Waals surface area contributed by atoms with Crippen LogP contribution in [-0.4, -0.2) is 48.3 Å². The van der Waals surface area contributed by atoms with Crippen LogP contribution in [0.15, 0.2) is 58.5 Å². The molecule has 6 nitrogen and oxygen atoms in total. The summed E-state index contributed by atoms with van der Waals surface area (Å²) in [6, 6.07) is 12.8. The summed E-state index contributed by atoms with van der Waals surface area (Å²) in [5, 5.41) is 0.863. The fourth-order valence-corrected chi connectivity index (χ4v) is 5.55. The minimum atomic E-state index is -3.69. The third kappa shape index (κ3) is 3.75. The standard InChI is InChI=1S/C23H27N3O3S/c1-4-25-11-13-26(14-12-25)23-20-15-18(29-3)7-10-21(20)24-16-22(23)30(27,28)19-8-5-17(2)6-9-19/h5-10,15-16H,4,11-14H2,1-3H3/p+2. The van der Waals surface area contributed by atoms with Gasteiger partial charge in [-0.05, 0) is 38.1 Å². The van der Waals surface area contributed by atoms with Gasteiger partial charge in [-0.1, -0.05) is 17.7 Å². The maximum atomic E-state index is 13.6. The molecule has 0 spiro atoms. The van der Waals surface area contributed by atoms with Crippen molar-refractivity contribution in [1.29, 1.82) is 0 Å². The van der Waals surface area contributed by atoms with Crippen molar-refractivity contribution >= 4 is 26.4 Å². The molecule has 2 N–H and O–H groups in total. The number of benzene rings is 2. The largest absolute Gasteiger partial charge is 0.497 e. The van der Waals surface area contributed by atoms with Gasteiger partial charge in [0, 0.05) is 6.07 Å². The highest BCUT2D eigenvalue weighted by Crippen LogP contribution is 2.36. The number of nitrogens with zero attached hydrogens (tertiary/aromatic N) is 1. The SMILES string of the molecule is CC[NH+]1CCN(c2c(S(=O)(=O)c3ccc(C)cc3)c[nH+]c3ccc(OC)cc23)CC1. The second kappa shape index (κ2) is 8.24. The number of aromatic amines is 1. The van der Waals surface area contributed by atoms with Gasteiger partial charge in [-0.25, -0.2) is 13.4 Å². The number of pyridine rings is 1. The van der Waals surface area contributed by atoms with Crippen molar-refractivity contribution in [3.05, 3.63) is 54.2 Å². The number of hydrogen-bond acceptors (Lipinski definition) is 4. The van der Waals surface area contributed by atoms with Crippen LogP contribution in [0.5, 0.6) is 5.75 Å². The Bertz CT molecular complexity index is 1150. The van der Waals surface area contributed by atoms with Crippen LogP contribution in [0.3, 0.4) is 0 Å². The summed E-state index contributed by atoms with van der Waals surface area (Å²) < 4.78 is 32.7. The van der Waals surface area contributed by atoms with Gasteiger partial charge in [-0.3, -0.25) is 0 Å². The first-order valence-corrected chi connectivity index (χ1v) is 11.8. The highest BCUT2D eigenvalue weighted by Gasteiger charge is 2.31. The number of aromatic nitrogens is 1. The van der Waals surface area contributed by atoms with Crippen molar-refractivity contribution in [1.82, 2.24) is 0 Å². The van der Waals surface area contributed by atoms with Crippen LogP contribution in [0.2, 0.25) is 0 Å². The third-order valence-electron chi connectivity index (χ3n) is 5.98. The summed E-state index contributed by atoms with van der Waals surface area (Å²) in [7, 11) is -2.06. The summed E-state index contributed by atoms with van der Waals surface area (Å²) in [5.74, 6) is 0.708. The zero-order chi connectivity index (χ0) is 21.3. The van der Waals surface area contributed by atoms with E-state index in [9.17, 15) is 8.42 Å². The molecular weight excluding hydrogens is 398 g/mol. The first-order valence-electron chi connectivity index (χ1n) is 10.4. The van der Waals surface area contributed by atoms with E-state index in [0.717, 1.165) is 54.9 Å². The van der Waals surface area contributed by atoms with E-state index in [4.69, 9.17) is 4.74 Å². The van der Waals surface area contributed by atoms with Crippen LogP contribution in [0.25, 0.3) is 10.9 Å². The number of likely N-dealkylation sites (N-methyl/N-ethyl adjacent to an activating group) is 1. The molecule has 0 unspecified atom stereocenters. The fourth-order valence-electron chi connectivity index (χ4n) is 4.09. The first-order chi connectivity index (χ1) is 14.4. The first kappa shape index (κ1) is 20.6.